The Hall–Kier alpha value is -2.24. The van der Waals surface area contributed by atoms with Crippen molar-refractivity contribution in [3.63, 3.8) is 0 Å². The normalized spacial score (nSPS) is 13.1. The molecule has 1 unspecified atom stereocenters. The first-order valence-corrected chi connectivity index (χ1v) is 6.63. The fraction of sp³-hybridized carbons (Fsp3) is 0.467. The van der Waals surface area contributed by atoms with Gasteiger partial charge >= 0.3 is 5.97 Å². The van der Waals surface area contributed by atoms with Gasteiger partial charge in [-0.3, -0.25) is 9.59 Å². The Morgan fingerprint density at radius 1 is 1.19 bits per heavy atom. The average Bonchev–Trinajstić information content (AvgIpc) is 2.46. The van der Waals surface area contributed by atoms with Crippen molar-refractivity contribution in [1.82, 2.24) is 5.32 Å². The Bertz CT molecular complexity index is 515. The van der Waals surface area contributed by atoms with Gasteiger partial charge in [0.05, 0.1) is 14.2 Å². The van der Waals surface area contributed by atoms with Gasteiger partial charge in [-0.05, 0) is 31.0 Å². The Balaban J connectivity index is 2.72. The van der Waals surface area contributed by atoms with E-state index in [9.17, 15) is 9.59 Å². The number of carbonyl (C=O) groups excluding carboxylic acids is 1. The van der Waals surface area contributed by atoms with Crippen molar-refractivity contribution in [1.29, 1.82) is 0 Å². The van der Waals surface area contributed by atoms with E-state index in [2.05, 4.69) is 5.32 Å². The fourth-order valence-electron chi connectivity index (χ4n) is 1.87. The zero-order valence-electron chi connectivity index (χ0n) is 12.7. The zero-order valence-corrected chi connectivity index (χ0v) is 12.7. The molecule has 2 atom stereocenters. The molecule has 6 heteroatoms. The molecule has 0 aliphatic carbocycles. The average molecular weight is 295 g/mol. The van der Waals surface area contributed by atoms with Crippen LogP contribution in [-0.2, 0) is 16.0 Å². The SMILES string of the molecule is COc1ccc(CC(C)C(=O)N[C@@H](C)C(=O)O)cc1OC. The summed E-state index contributed by atoms with van der Waals surface area (Å²) in [5.74, 6) is -0.467. The highest BCUT2D eigenvalue weighted by molar-refractivity contribution is 5.84. The number of hydrogen-bond donors (Lipinski definition) is 2. The summed E-state index contributed by atoms with van der Waals surface area (Å²) in [6.45, 7) is 3.18. The monoisotopic (exact) mass is 295 g/mol. The van der Waals surface area contributed by atoms with Crippen LogP contribution in [0.4, 0.5) is 0 Å². The maximum Gasteiger partial charge on any atom is 0.325 e. The highest BCUT2D eigenvalue weighted by Crippen LogP contribution is 2.28. The zero-order chi connectivity index (χ0) is 16.0. The molecule has 1 aromatic carbocycles. The minimum absolute atomic E-state index is 0.292. The van der Waals surface area contributed by atoms with E-state index in [4.69, 9.17) is 14.6 Å². The first-order valence-electron chi connectivity index (χ1n) is 6.63. The third-order valence-electron chi connectivity index (χ3n) is 3.17. The summed E-state index contributed by atoms with van der Waals surface area (Å²) >= 11 is 0. The molecule has 0 aliphatic heterocycles. The van der Waals surface area contributed by atoms with Crippen LogP contribution in [0, 0.1) is 5.92 Å². The molecule has 0 radical (unpaired) electrons. The van der Waals surface area contributed by atoms with Gasteiger partial charge in [-0.25, -0.2) is 0 Å². The molecule has 1 aromatic rings. The van der Waals surface area contributed by atoms with Crippen molar-refractivity contribution in [3.8, 4) is 11.5 Å². The Morgan fingerprint density at radius 2 is 1.81 bits per heavy atom. The summed E-state index contributed by atoms with van der Waals surface area (Å²) in [5, 5.41) is 11.2. The first kappa shape index (κ1) is 16.8. The predicted octanol–water partition coefficient (Wildman–Crippen LogP) is 1.47. The summed E-state index contributed by atoms with van der Waals surface area (Å²) in [6, 6.07) is 4.54. The lowest BCUT2D eigenvalue weighted by Crippen LogP contribution is -2.41. The molecule has 1 amide bonds. The molecule has 0 heterocycles. The smallest absolute Gasteiger partial charge is 0.325 e. The minimum Gasteiger partial charge on any atom is -0.493 e. The summed E-state index contributed by atoms with van der Waals surface area (Å²) in [5.41, 5.74) is 0.915. The molecule has 116 valence electrons. The topological polar surface area (TPSA) is 84.9 Å². The molecule has 0 spiro atoms. The van der Waals surface area contributed by atoms with E-state index in [1.165, 1.54) is 6.92 Å². The van der Waals surface area contributed by atoms with E-state index in [-0.39, 0.29) is 11.8 Å². The van der Waals surface area contributed by atoms with Crippen molar-refractivity contribution in [2.45, 2.75) is 26.3 Å². The number of hydrogen-bond acceptors (Lipinski definition) is 4. The van der Waals surface area contributed by atoms with Crippen molar-refractivity contribution < 1.29 is 24.2 Å². The molecule has 2 N–H and O–H groups in total. The van der Waals surface area contributed by atoms with Gasteiger partial charge < -0.3 is 19.9 Å². The first-order chi connectivity index (χ1) is 9.88. The number of amides is 1. The molecule has 0 aliphatic rings. The van der Waals surface area contributed by atoms with Gasteiger partial charge in [0.25, 0.3) is 0 Å². The van der Waals surface area contributed by atoms with E-state index in [1.54, 1.807) is 27.2 Å². The Kier molecular flexibility index (Phi) is 6.02. The molecular formula is C15H21NO5. The van der Waals surface area contributed by atoms with E-state index < -0.39 is 12.0 Å². The molecule has 21 heavy (non-hydrogen) atoms. The standard InChI is InChI=1S/C15H21NO5/c1-9(14(17)16-10(2)15(18)19)7-11-5-6-12(20-3)13(8-11)21-4/h5-6,8-10H,7H2,1-4H3,(H,16,17)(H,18,19)/t9?,10-/m0/s1. The molecule has 0 fully saturated rings. The summed E-state index contributed by atoms with van der Waals surface area (Å²) in [6.07, 6.45) is 0.485. The number of ether oxygens (including phenoxy) is 2. The third kappa shape index (κ3) is 4.66. The van der Waals surface area contributed by atoms with Crippen molar-refractivity contribution in [3.05, 3.63) is 23.8 Å². The maximum atomic E-state index is 11.9. The number of methoxy groups -OCH3 is 2. The van der Waals surface area contributed by atoms with E-state index in [0.717, 1.165) is 5.56 Å². The van der Waals surface area contributed by atoms with Crippen LogP contribution in [0.15, 0.2) is 18.2 Å². The van der Waals surface area contributed by atoms with Gasteiger partial charge in [0.2, 0.25) is 5.91 Å². The number of nitrogens with one attached hydrogen (secondary N) is 1. The number of carboxylic acid groups (broad SMARTS) is 1. The molecular weight excluding hydrogens is 274 g/mol. The van der Waals surface area contributed by atoms with Gasteiger partial charge in [0.1, 0.15) is 6.04 Å². The number of rotatable bonds is 7. The second-order valence-corrected chi connectivity index (χ2v) is 4.86. The van der Waals surface area contributed by atoms with Crippen LogP contribution in [0.1, 0.15) is 19.4 Å². The lowest BCUT2D eigenvalue weighted by atomic mass is 9.99. The largest absolute Gasteiger partial charge is 0.493 e. The second-order valence-electron chi connectivity index (χ2n) is 4.86. The Morgan fingerprint density at radius 3 is 2.33 bits per heavy atom. The van der Waals surface area contributed by atoms with Crippen molar-refractivity contribution in [2.24, 2.45) is 5.92 Å². The van der Waals surface area contributed by atoms with Gasteiger partial charge in [0, 0.05) is 5.92 Å². The lowest BCUT2D eigenvalue weighted by molar-refractivity contribution is -0.141. The van der Waals surface area contributed by atoms with Crippen LogP contribution in [0.5, 0.6) is 11.5 Å². The second kappa shape index (κ2) is 7.52. The van der Waals surface area contributed by atoms with Gasteiger partial charge in [-0.1, -0.05) is 13.0 Å². The molecule has 1 rings (SSSR count). The highest BCUT2D eigenvalue weighted by Gasteiger charge is 2.19. The highest BCUT2D eigenvalue weighted by atomic mass is 16.5. The summed E-state index contributed by atoms with van der Waals surface area (Å²) in [4.78, 5) is 22.6. The van der Waals surface area contributed by atoms with Crippen LogP contribution >= 0.6 is 0 Å². The maximum absolute atomic E-state index is 11.9. The third-order valence-corrected chi connectivity index (χ3v) is 3.17. The van der Waals surface area contributed by atoms with Crippen molar-refractivity contribution in [2.75, 3.05) is 14.2 Å². The fourth-order valence-corrected chi connectivity index (χ4v) is 1.87. The lowest BCUT2D eigenvalue weighted by Gasteiger charge is -2.15. The van der Waals surface area contributed by atoms with E-state index in [1.807, 2.05) is 12.1 Å². The van der Waals surface area contributed by atoms with Crippen LogP contribution in [0.2, 0.25) is 0 Å². The summed E-state index contributed by atoms with van der Waals surface area (Å²) < 4.78 is 10.4. The number of carboxylic acids is 1. The Labute approximate surface area is 124 Å². The quantitative estimate of drug-likeness (QED) is 0.795. The van der Waals surface area contributed by atoms with Crippen LogP contribution in [-0.4, -0.2) is 37.2 Å². The number of benzene rings is 1. The van der Waals surface area contributed by atoms with Gasteiger partial charge in [-0.15, -0.1) is 0 Å². The van der Waals surface area contributed by atoms with Crippen LogP contribution < -0.4 is 14.8 Å². The molecule has 0 aromatic heterocycles. The molecule has 0 saturated carbocycles. The molecule has 6 nitrogen and oxygen atoms in total. The minimum atomic E-state index is -1.05. The van der Waals surface area contributed by atoms with Gasteiger partial charge in [-0.2, -0.15) is 0 Å². The van der Waals surface area contributed by atoms with Crippen molar-refractivity contribution >= 4 is 11.9 Å². The van der Waals surface area contributed by atoms with E-state index in [0.29, 0.717) is 17.9 Å². The van der Waals surface area contributed by atoms with Crippen LogP contribution in [0.25, 0.3) is 0 Å². The van der Waals surface area contributed by atoms with E-state index >= 15 is 0 Å². The molecule has 0 bridgehead atoms. The number of carbonyl (C=O) groups is 2. The van der Waals surface area contributed by atoms with Gasteiger partial charge in [0.15, 0.2) is 11.5 Å². The van der Waals surface area contributed by atoms with Crippen LogP contribution in [0.3, 0.4) is 0 Å². The number of aliphatic carboxylic acids is 1. The summed E-state index contributed by atoms with van der Waals surface area (Å²) in [7, 11) is 3.10. The predicted molar refractivity (Wildman–Crippen MR) is 77.7 cm³/mol. The molecule has 0 saturated heterocycles.